The zero-order valence-corrected chi connectivity index (χ0v) is 6.15. The van der Waals surface area contributed by atoms with Crippen molar-refractivity contribution in [2.24, 2.45) is 0 Å². The molecule has 52 valence electrons. The Morgan fingerprint density at radius 3 is 3.20 bits per heavy atom. The van der Waals surface area contributed by atoms with E-state index in [1.165, 1.54) is 29.7 Å². The Morgan fingerprint density at radius 2 is 2.40 bits per heavy atom. The SMILES string of the molecule is Cc1c[nH]c2c1C=CCC2. The van der Waals surface area contributed by atoms with Gasteiger partial charge in [-0.15, -0.1) is 0 Å². The summed E-state index contributed by atoms with van der Waals surface area (Å²) >= 11 is 0. The van der Waals surface area contributed by atoms with Gasteiger partial charge in [0.2, 0.25) is 0 Å². The topological polar surface area (TPSA) is 15.8 Å². The fourth-order valence-corrected chi connectivity index (χ4v) is 1.46. The summed E-state index contributed by atoms with van der Waals surface area (Å²) in [4.78, 5) is 3.27. The van der Waals surface area contributed by atoms with Gasteiger partial charge in [0.05, 0.1) is 0 Å². The predicted octanol–water partition coefficient (Wildman–Crippen LogP) is 2.28. The van der Waals surface area contributed by atoms with Crippen molar-refractivity contribution in [1.29, 1.82) is 0 Å². The maximum atomic E-state index is 3.27. The summed E-state index contributed by atoms with van der Waals surface area (Å²) in [5.74, 6) is 0. The van der Waals surface area contributed by atoms with Crippen molar-refractivity contribution in [3.8, 4) is 0 Å². The van der Waals surface area contributed by atoms with Crippen LogP contribution in [0, 0.1) is 6.92 Å². The van der Waals surface area contributed by atoms with Gasteiger partial charge in [-0.05, 0) is 30.9 Å². The molecule has 1 aromatic heterocycles. The average molecular weight is 133 g/mol. The van der Waals surface area contributed by atoms with Gasteiger partial charge < -0.3 is 4.98 Å². The average Bonchev–Trinajstić information content (AvgIpc) is 2.34. The van der Waals surface area contributed by atoms with Crippen LogP contribution in [0.15, 0.2) is 12.3 Å². The van der Waals surface area contributed by atoms with E-state index in [-0.39, 0.29) is 0 Å². The molecule has 0 saturated heterocycles. The molecule has 10 heavy (non-hydrogen) atoms. The van der Waals surface area contributed by atoms with E-state index in [4.69, 9.17) is 0 Å². The third-order valence-electron chi connectivity index (χ3n) is 2.06. The second kappa shape index (κ2) is 2.01. The number of rotatable bonds is 0. The smallest absolute Gasteiger partial charge is 0.0226 e. The number of aromatic amines is 1. The van der Waals surface area contributed by atoms with Gasteiger partial charge in [0.25, 0.3) is 0 Å². The van der Waals surface area contributed by atoms with Crippen molar-refractivity contribution in [1.82, 2.24) is 4.98 Å². The van der Waals surface area contributed by atoms with Crippen LogP contribution in [0.4, 0.5) is 0 Å². The van der Waals surface area contributed by atoms with E-state index in [1.54, 1.807) is 0 Å². The number of aryl methyl sites for hydroxylation is 2. The molecule has 0 aromatic carbocycles. The van der Waals surface area contributed by atoms with Crippen molar-refractivity contribution in [2.75, 3.05) is 0 Å². The van der Waals surface area contributed by atoms with Crippen LogP contribution in [0.3, 0.4) is 0 Å². The van der Waals surface area contributed by atoms with Crippen LogP contribution in [0.5, 0.6) is 0 Å². The van der Waals surface area contributed by atoms with Gasteiger partial charge in [-0.2, -0.15) is 0 Å². The van der Waals surface area contributed by atoms with Crippen LogP contribution in [0.25, 0.3) is 6.08 Å². The van der Waals surface area contributed by atoms with Gasteiger partial charge in [-0.1, -0.05) is 12.2 Å². The highest BCUT2D eigenvalue weighted by molar-refractivity contribution is 5.58. The molecular weight excluding hydrogens is 122 g/mol. The normalized spacial score (nSPS) is 15.3. The molecule has 1 heterocycles. The highest BCUT2D eigenvalue weighted by Gasteiger charge is 2.06. The Balaban J connectivity index is 2.57. The van der Waals surface area contributed by atoms with Gasteiger partial charge in [0.1, 0.15) is 0 Å². The Bertz CT molecular complexity index is 268. The third-order valence-corrected chi connectivity index (χ3v) is 2.06. The third kappa shape index (κ3) is 0.703. The highest BCUT2D eigenvalue weighted by atomic mass is 14.7. The lowest BCUT2D eigenvalue weighted by Gasteiger charge is -2.03. The minimum absolute atomic E-state index is 1.18. The molecule has 0 bridgehead atoms. The summed E-state index contributed by atoms with van der Waals surface area (Å²) < 4.78 is 0. The van der Waals surface area contributed by atoms with Gasteiger partial charge in [-0.25, -0.2) is 0 Å². The number of hydrogen-bond donors (Lipinski definition) is 1. The molecule has 0 aliphatic heterocycles. The molecule has 1 heteroatoms. The van der Waals surface area contributed by atoms with Gasteiger partial charge in [0.15, 0.2) is 0 Å². The van der Waals surface area contributed by atoms with E-state index in [0.29, 0.717) is 0 Å². The molecule has 0 radical (unpaired) electrons. The highest BCUT2D eigenvalue weighted by Crippen LogP contribution is 2.20. The molecule has 1 aliphatic carbocycles. The lowest BCUT2D eigenvalue weighted by Crippen LogP contribution is -1.91. The van der Waals surface area contributed by atoms with Crippen LogP contribution >= 0.6 is 0 Å². The number of allylic oxidation sites excluding steroid dienone is 1. The minimum Gasteiger partial charge on any atom is -0.364 e. The maximum Gasteiger partial charge on any atom is 0.0226 e. The predicted molar refractivity (Wildman–Crippen MR) is 42.9 cm³/mol. The van der Waals surface area contributed by atoms with Crippen LogP contribution in [-0.4, -0.2) is 4.98 Å². The van der Waals surface area contributed by atoms with E-state index >= 15 is 0 Å². The summed E-state index contributed by atoms with van der Waals surface area (Å²) in [6.07, 6.45) is 8.90. The first-order chi connectivity index (χ1) is 4.88. The number of H-pyrrole nitrogens is 1. The molecule has 0 saturated carbocycles. The Hall–Kier alpha value is -0.980. The van der Waals surface area contributed by atoms with Crippen molar-refractivity contribution < 1.29 is 0 Å². The zero-order chi connectivity index (χ0) is 6.97. The molecule has 0 amide bonds. The van der Waals surface area contributed by atoms with Crippen molar-refractivity contribution in [3.63, 3.8) is 0 Å². The molecule has 2 rings (SSSR count). The monoisotopic (exact) mass is 133 g/mol. The Labute approximate surface area is 60.8 Å². The number of fused-ring (bicyclic) bond motifs is 1. The molecule has 0 spiro atoms. The second-order valence-electron chi connectivity index (χ2n) is 2.80. The van der Waals surface area contributed by atoms with Gasteiger partial charge >= 0.3 is 0 Å². The molecule has 0 atom stereocenters. The molecule has 0 fully saturated rings. The van der Waals surface area contributed by atoms with Crippen molar-refractivity contribution in [3.05, 3.63) is 29.1 Å². The number of nitrogens with one attached hydrogen (secondary N) is 1. The maximum absolute atomic E-state index is 3.27. The van der Waals surface area contributed by atoms with E-state index in [2.05, 4.69) is 30.3 Å². The molecule has 0 unspecified atom stereocenters. The molecule has 1 aromatic rings. The molecule has 1 N–H and O–H groups in total. The zero-order valence-electron chi connectivity index (χ0n) is 6.15. The van der Waals surface area contributed by atoms with Crippen LogP contribution < -0.4 is 0 Å². The van der Waals surface area contributed by atoms with Gasteiger partial charge in [-0.3, -0.25) is 0 Å². The van der Waals surface area contributed by atoms with Crippen molar-refractivity contribution in [2.45, 2.75) is 19.8 Å². The van der Waals surface area contributed by atoms with E-state index < -0.39 is 0 Å². The van der Waals surface area contributed by atoms with Crippen molar-refractivity contribution >= 4 is 6.08 Å². The van der Waals surface area contributed by atoms with E-state index in [9.17, 15) is 0 Å². The first kappa shape index (κ1) is 5.78. The first-order valence-corrected chi connectivity index (χ1v) is 3.71. The summed E-state index contributed by atoms with van der Waals surface area (Å²) in [7, 11) is 0. The largest absolute Gasteiger partial charge is 0.364 e. The summed E-state index contributed by atoms with van der Waals surface area (Å²) in [5, 5.41) is 0. The summed E-state index contributed by atoms with van der Waals surface area (Å²) in [5.41, 5.74) is 4.18. The van der Waals surface area contributed by atoms with E-state index in [0.717, 1.165) is 0 Å². The van der Waals surface area contributed by atoms with Crippen LogP contribution in [0.1, 0.15) is 23.2 Å². The van der Waals surface area contributed by atoms with E-state index in [1.807, 2.05) is 0 Å². The molecule has 1 nitrogen and oxygen atoms in total. The van der Waals surface area contributed by atoms with Gasteiger partial charge in [0, 0.05) is 11.9 Å². The first-order valence-electron chi connectivity index (χ1n) is 3.71. The number of aromatic nitrogens is 1. The summed E-state index contributed by atoms with van der Waals surface area (Å²) in [6, 6.07) is 0. The lowest BCUT2D eigenvalue weighted by atomic mass is 10.0. The molecular formula is C9H11N. The van der Waals surface area contributed by atoms with Crippen LogP contribution in [-0.2, 0) is 6.42 Å². The molecule has 1 aliphatic rings. The fourth-order valence-electron chi connectivity index (χ4n) is 1.46. The standard InChI is InChI=1S/C9H11N/c1-7-6-10-9-5-3-2-4-8(7)9/h2,4,6,10H,3,5H2,1H3. The fraction of sp³-hybridized carbons (Fsp3) is 0.333. The minimum atomic E-state index is 1.18. The number of hydrogen-bond acceptors (Lipinski definition) is 0. The van der Waals surface area contributed by atoms with Crippen LogP contribution in [0.2, 0.25) is 0 Å². The Morgan fingerprint density at radius 1 is 1.50 bits per heavy atom. The summed E-state index contributed by atoms with van der Waals surface area (Å²) in [6.45, 7) is 2.14. The lowest BCUT2D eigenvalue weighted by molar-refractivity contribution is 0.945. The Kier molecular flexibility index (Phi) is 1.16. The second-order valence-corrected chi connectivity index (χ2v) is 2.80. The quantitative estimate of drug-likeness (QED) is 0.559.